The average molecular weight is 484 g/mol. The number of rotatable bonds is 4. The topological polar surface area (TPSA) is 108 Å². The zero-order valence-corrected chi connectivity index (χ0v) is 19.1. The second kappa shape index (κ2) is 8.12. The van der Waals surface area contributed by atoms with E-state index in [-0.39, 0.29) is 11.3 Å². The Morgan fingerprint density at radius 3 is 2.71 bits per heavy atom. The average Bonchev–Trinajstić information content (AvgIpc) is 3.38. The first-order valence-electron chi connectivity index (χ1n) is 9.59. The lowest BCUT2D eigenvalue weighted by Crippen LogP contribution is -2.36. The number of hydrazine groups is 2. The van der Waals surface area contributed by atoms with Gasteiger partial charge in [-0.15, -0.1) is 5.53 Å². The summed E-state index contributed by atoms with van der Waals surface area (Å²) in [5, 5.41) is 8.47. The number of nitrogens with one attached hydrogen (secondary N) is 3. The Balaban J connectivity index is 1.55. The van der Waals surface area contributed by atoms with Crippen LogP contribution in [-0.4, -0.2) is 21.0 Å². The highest BCUT2D eigenvalue weighted by molar-refractivity contribution is 9.10. The van der Waals surface area contributed by atoms with Crippen molar-refractivity contribution in [3.05, 3.63) is 70.0 Å². The fourth-order valence-corrected chi connectivity index (χ4v) is 3.28. The van der Waals surface area contributed by atoms with E-state index < -0.39 is 0 Å². The Labute approximate surface area is 188 Å². The number of aromatic nitrogens is 3. The third kappa shape index (κ3) is 4.59. The number of halogens is 1. The molecule has 9 nitrogen and oxygen atoms in total. The highest BCUT2D eigenvalue weighted by Crippen LogP contribution is 2.26. The second-order valence-corrected chi connectivity index (χ2v) is 9.07. The van der Waals surface area contributed by atoms with Crippen LogP contribution in [0.3, 0.4) is 0 Å². The van der Waals surface area contributed by atoms with Gasteiger partial charge in [0.05, 0.1) is 22.6 Å². The molecule has 0 saturated carbocycles. The third-order valence-electron chi connectivity index (χ3n) is 4.66. The Morgan fingerprint density at radius 1 is 1.19 bits per heavy atom. The highest BCUT2D eigenvalue weighted by atomic mass is 79.9. The molecule has 0 atom stereocenters. The number of carbonyl (C=O) groups excluding carboxylic acids is 1. The summed E-state index contributed by atoms with van der Waals surface area (Å²) in [6.45, 7) is 7.91. The Hall–Kier alpha value is -3.24. The van der Waals surface area contributed by atoms with Gasteiger partial charge in [-0.25, -0.2) is 0 Å². The second-order valence-electron chi connectivity index (χ2n) is 8.15. The van der Waals surface area contributed by atoms with Gasteiger partial charge in [0.1, 0.15) is 5.76 Å². The fraction of sp³-hybridized carbons (Fsp3) is 0.238. The monoisotopic (exact) mass is 483 g/mol. The molecule has 3 aromatic rings. The molecule has 4 heterocycles. The van der Waals surface area contributed by atoms with Gasteiger partial charge in [-0.1, -0.05) is 25.9 Å². The first kappa shape index (κ1) is 21.0. The maximum absolute atomic E-state index is 12.8. The number of aryl methyl sites for hydroxylation is 1. The van der Waals surface area contributed by atoms with Gasteiger partial charge in [0.2, 0.25) is 0 Å². The van der Waals surface area contributed by atoms with Crippen molar-refractivity contribution >= 4 is 39.0 Å². The van der Waals surface area contributed by atoms with E-state index in [4.69, 9.17) is 4.52 Å². The maximum Gasteiger partial charge on any atom is 0.258 e. The van der Waals surface area contributed by atoms with Crippen LogP contribution >= 0.6 is 15.9 Å². The van der Waals surface area contributed by atoms with Crippen LogP contribution in [0.5, 0.6) is 0 Å². The summed E-state index contributed by atoms with van der Waals surface area (Å²) in [6.07, 6.45) is 6.89. The minimum Gasteiger partial charge on any atom is -0.359 e. The van der Waals surface area contributed by atoms with Crippen LogP contribution in [0.4, 0.5) is 11.5 Å². The van der Waals surface area contributed by atoms with Gasteiger partial charge in [-0.2, -0.15) is 0 Å². The van der Waals surface area contributed by atoms with Crippen molar-refractivity contribution in [3.63, 3.8) is 0 Å². The smallest absolute Gasteiger partial charge is 0.258 e. The number of pyridine rings is 2. The number of hydrogen-bond donors (Lipinski definition) is 3. The normalized spacial score (nSPS) is 13.7. The molecule has 1 amide bonds. The van der Waals surface area contributed by atoms with Crippen molar-refractivity contribution in [2.45, 2.75) is 33.1 Å². The van der Waals surface area contributed by atoms with Gasteiger partial charge < -0.3 is 15.3 Å². The van der Waals surface area contributed by atoms with Crippen molar-refractivity contribution in [2.75, 3.05) is 10.3 Å². The van der Waals surface area contributed by atoms with E-state index in [1.165, 1.54) is 6.20 Å². The predicted octanol–water partition coefficient (Wildman–Crippen LogP) is 3.91. The van der Waals surface area contributed by atoms with Crippen molar-refractivity contribution in [1.29, 1.82) is 0 Å². The molecule has 0 unspecified atom stereocenters. The standard InChI is InChI=1S/C21H22BrN7O2/c1-12-17(29-11-16(26-28-29)13-5-15(22)10-23-8-13)6-14(9-24-12)20(30)25-19-7-18(31-27-19)21(2,3)4/h5-11,26,28H,1-4H3,(H,25,27,30). The molecular weight excluding hydrogens is 462 g/mol. The summed E-state index contributed by atoms with van der Waals surface area (Å²) < 4.78 is 6.21. The summed E-state index contributed by atoms with van der Waals surface area (Å²) in [6, 6.07) is 5.44. The van der Waals surface area contributed by atoms with Crippen molar-refractivity contribution in [2.24, 2.45) is 0 Å². The van der Waals surface area contributed by atoms with E-state index in [1.54, 1.807) is 29.5 Å². The number of nitrogens with zero attached hydrogens (tertiary/aromatic N) is 4. The molecule has 0 spiro atoms. The molecule has 0 aliphatic carbocycles. The van der Waals surface area contributed by atoms with Gasteiger partial charge in [-0.05, 0) is 35.0 Å². The summed E-state index contributed by atoms with van der Waals surface area (Å²) in [5.74, 6) is 0.731. The van der Waals surface area contributed by atoms with Crippen LogP contribution < -0.4 is 21.3 Å². The number of anilines is 2. The maximum atomic E-state index is 12.8. The van der Waals surface area contributed by atoms with E-state index in [0.717, 1.165) is 27.1 Å². The van der Waals surface area contributed by atoms with Gasteiger partial charge >= 0.3 is 0 Å². The number of carbonyl (C=O) groups is 1. The fourth-order valence-electron chi connectivity index (χ4n) is 2.92. The molecule has 0 aromatic carbocycles. The lowest BCUT2D eigenvalue weighted by Gasteiger charge is -2.17. The highest BCUT2D eigenvalue weighted by Gasteiger charge is 2.22. The molecule has 3 N–H and O–H groups in total. The van der Waals surface area contributed by atoms with Crippen LogP contribution in [0.2, 0.25) is 0 Å². The largest absolute Gasteiger partial charge is 0.359 e. The lowest BCUT2D eigenvalue weighted by atomic mass is 9.93. The summed E-state index contributed by atoms with van der Waals surface area (Å²) in [7, 11) is 0. The van der Waals surface area contributed by atoms with E-state index in [0.29, 0.717) is 17.1 Å². The molecule has 0 radical (unpaired) electrons. The van der Waals surface area contributed by atoms with Crippen LogP contribution in [0.1, 0.15) is 48.1 Å². The van der Waals surface area contributed by atoms with Crippen LogP contribution in [0.15, 0.2) is 52.0 Å². The minimum atomic E-state index is -0.324. The molecule has 1 aliphatic heterocycles. The van der Waals surface area contributed by atoms with Crippen LogP contribution in [-0.2, 0) is 5.41 Å². The molecule has 160 valence electrons. The predicted molar refractivity (Wildman–Crippen MR) is 121 cm³/mol. The Bertz CT molecular complexity index is 1170. The molecule has 1 aliphatic rings. The van der Waals surface area contributed by atoms with Crippen molar-refractivity contribution in [3.8, 4) is 0 Å². The number of hydrogen-bond acceptors (Lipinski definition) is 8. The first-order chi connectivity index (χ1) is 14.7. The molecule has 10 heteroatoms. The Kier molecular flexibility index (Phi) is 5.50. The third-order valence-corrected chi connectivity index (χ3v) is 5.09. The van der Waals surface area contributed by atoms with Gasteiger partial charge in [0.25, 0.3) is 5.91 Å². The van der Waals surface area contributed by atoms with Crippen molar-refractivity contribution in [1.82, 2.24) is 26.1 Å². The number of amides is 1. The molecule has 4 rings (SSSR count). The van der Waals surface area contributed by atoms with E-state index in [1.807, 2.05) is 40.0 Å². The lowest BCUT2D eigenvalue weighted by molar-refractivity contribution is 0.102. The summed E-state index contributed by atoms with van der Waals surface area (Å²) in [5.41, 5.74) is 9.60. The Morgan fingerprint density at radius 2 is 2.00 bits per heavy atom. The van der Waals surface area contributed by atoms with Crippen LogP contribution in [0.25, 0.3) is 5.70 Å². The summed E-state index contributed by atoms with van der Waals surface area (Å²) in [4.78, 5) is 21.3. The van der Waals surface area contributed by atoms with Gasteiger partial charge in [-0.3, -0.25) is 19.8 Å². The molecule has 0 saturated heterocycles. The molecular formula is C21H22BrN7O2. The quantitative estimate of drug-likeness (QED) is 0.512. The van der Waals surface area contributed by atoms with Crippen molar-refractivity contribution < 1.29 is 9.32 Å². The zero-order valence-electron chi connectivity index (χ0n) is 17.5. The zero-order chi connectivity index (χ0) is 22.2. The van der Waals surface area contributed by atoms with Gasteiger partial charge in [0, 0.05) is 46.3 Å². The van der Waals surface area contributed by atoms with Crippen LogP contribution in [0, 0.1) is 6.92 Å². The van der Waals surface area contributed by atoms with E-state index >= 15 is 0 Å². The molecule has 0 bridgehead atoms. The van der Waals surface area contributed by atoms with E-state index in [2.05, 4.69) is 47.3 Å². The molecule has 3 aromatic heterocycles. The summed E-state index contributed by atoms with van der Waals surface area (Å²) >= 11 is 3.43. The first-order valence-corrected chi connectivity index (χ1v) is 10.4. The molecule has 0 fully saturated rings. The SMILES string of the molecule is Cc1ncc(C(=O)Nc2cc(C(C)(C)C)on2)cc1N1C=C(c2cncc(Br)c2)NN1. The minimum absolute atomic E-state index is 0.198. The van der Waals surface area contributed by atoms with Gasteiger partial charge in [0.15, 0.2) is 5.82 Å². The van der Waals surface area contributed by atoms with E-state index in [9.17, 15) is 4.79 Å². The molecule has 31 heavy (non-hydrogen) atoms.